The van der Waals surface area contributed by atoms with E-state index in [1.165, 1.54) is 18.2 Å². The number of rotatable bonds is 5. The zero-order valence-electron chi connectivity index (χ0n) is 16.0. The lowest BCUT2D eigenvalue weighted by atomic mass is 9.95. The summed E-state index contributed by atoms with van der Waals surface area (Å²) in [6, 6.07) is 8.68. The van der Waals surface area contributed by atoms with Crippen LogP contribution in [0.15, 0.2) is 58.9 Å². The van der Waals surface area contributed by atoms with Gasteiger partial charge in [0, 0.05) is 30.8 Å². The van der Waals surface area contributed by atoms with E-state index in [-0.39, 0.29) is 34.8 Å². The Labute approximate surface area is 180 Å². The number of pyridine rings is 1. The van der Waals surface area contributed by atoms with Gasteiger partial charge in [-0.25, -0.2) is 13.2 Å². The van der Waals surface area contributed by atoms with Gasteiger partial charge in [0.1, 0.15) is 11.7 Å². The van der Waals surface area contributed by atoms with Crippen molar-refractivity contribution in [2.24, 2.45) is 10.1 Å². The molecule has 0 amide bonds. The highest BCUT2D eigenvalue weighted by Crippen LogP contribution is 2.33. The number of oxime groups is 1. The van der Waals surface area contributed by atoms with Crippen molar-refractivity contribution >= 4 is 28.8 Å². The van der Waals surface area contributed by atoms with Gasteiger partial charge in [0.25, 0.3) is 0 Å². The quantitative estimate of drug-likeness (QED) is 0.325. The number of nitrogens with one attached hydrogen (secondary N) is 1. The summed E-state index contributed by atoms with van der Waals surface area (Å²) in [7, 11) is 0. The van der Waals surface area contributed by atoms with Crippen LogP contribution in [0, 0.1) is 17.5 Å². The topological polar surface area (TPSA) is 69.9 Å². The molecule has 0 radical (unpaired) electrons. The number of aromatic nitrogens is 1. The normalized spacial score (nSPS) is 14.6. The molecule has 0 atom stereocenters. The molecule has 0 spiro atoms. The lowest BCUT2D eigenvalue weighted by molar-refractivity contribution is 0.318. The molecule has 5 nitrogen and oxygen atoms in total. The van der Waals surface area contributed by atoms with Crippen LogP contribution >= 0.6 is 11.6 Å². The van der Waals surface area contributed by atoms with Gasteiger partial charge in [-0.2, -0.15) is 0 Å². The molecule has 0 fully saturated rings. The minimum absolute atomic E-state index is 0.0379. The van der Waals surface area contributed by atoms with Crippen LogP contribution in [0.4, 0.5) is 18.9 Å². The highest BCUT2D eigenvalue weighted by molar-refractivity contribution is 6.30. The molecule has 158 valence electrons. The van der Waals surface area contributed by atoms with E-state index in [2.05, 4.69) is 20.4 Å². The van der Waals surface area contributed by atoms with Gasteiger partial charge in [-0.1, -0.05) is 28.9 Å². The standard InChI is InChI=1S/C22H16ClF3N4O/c23-16-6-12(3-4-17(16)24)7-19(30-31)14-8-18(25)21(26)22-15(14)9-20(29-22)28-11-13-2-1-5-27-10-13/h1-6,8,10,31H,7,9,11H2,(H,28,29)/b30-19+. The monoisotopic (exact) mass is 444 g/mol. The summed E-state index contributed by atoms with van der Waals surface area (Å²) < 4.78 is 42.2. The fourth-order valence-electron chi connectivity index (χ4n) is 3.39. The van der Waals surface area contributed by atoms with E-state index in [0.29, 0.717) is 23.5 Å². The van der Waals surface area contributed by atoms with Gasteiger partial charge in [-0.05, 0) is 41.0 Å². The van der Waals surface area contributed by atoms with Crippen LogP contribution in [0.2, 0.25) is 5.02 Å². The molecule has 9 heteroatoms. The Hall–Kier alpha value is -3.39. The van der Waals surface area contributed by atoms with Crippen molar-refractivity contribution < 1.29 is 18.4 Å². The van der Waals surface area contributed by atoms with Crippen LogP contribution in [0.5, 0.6) is 0 Å². The maximum atomic E-state index is 14.4. The maximum absolute atomic E-state index is 14.4. The molecule has 1 aliphatic heterocycles. The van der Waals surface area contributed by atoms with E-state index in [4.69, 9.17) is 11.6 Å². The van der Waals surface area contributed by atoms with Gasteiger partial charge in [0.05, 0.1) is 23.0 Å². The Balaban J connectivity index is 1.65. The number of hydrogen-bond donors (Lipinski definition) is 2. The second-order valence-corrected chi connectivity index (χ2v) is 7.38. The van der Waals surface area contributed by atoms with Gasteiger partial charge in [0.15, 0.2) is 11.6 Å². The molecular formula is C22H16ClF3N4O. The van der Waals surface area contributed by atoms with Crippen molar-refractivity contribution in [3.05, 3.63) is 93.5 Å². The number of halogens is 4. The first-order chi connectivity index (χ1) is 15.0. The summed E-state index contributed by atoms with van der Waals surface area (Å²) in [5.74, 6) is -2.26. The summed E-state index contributed by atoms with van der Waals surface area (Å²) in [5, 5.41) is 15.6. The molecule has 4 rings (SSSR count). The average molecular weight is 445 g/mol. The molecular weight excluding hydrogens is 429 g/mol. The highest BCUT2D eigenvalue weighted by Gasteiger charge is 2.28. The summed E-state index contributed by atoms with van der Waals surface area (Å²) in [5.41, 5.74) is 2.12. The molecule has 0 bridgehead atoms. The molecule has 0 saturated heterocycles. The van der Waals surface area contributed by atoms with Gasteiger partial charge >= 0.3 is 0 Å². The first-order valence-corrected chi connectivity index (χ1v) is 9.69. The highest BCUT2D eigenvalue weighted by atomic mass is 35.5. The minimum atomic E-state index is -1.09. The number of amidine groups is 1. The first kappa shape index (κ1) is 20.9. The second-order valence-electron chi connectivity index (χ2n) is 6.97. The molecule has 0 aliphatic carbocycles. The van der Waals surface area contributed by atoms with E-state index < -0.39 is 17.5 Å². The largest absolute Gasteiger partial charge is 0.411 e. The van der Waals surface area contributed by atoms with E-state index >= 15 is 0 Å². The Morgan fingerprint density at radius 2 is 1.97 bits per heavy atom. The Kier molecular flexibility index (Phi) is 5.90. The van der Waals surface area contributed by atoms with Crippen LogP contribution in [0.3, 0.4) is 0 Å². The van der Waals surface area contributed by atoms with E-state index in [9.17, 15) is 18.4 Å². The van der Waals surface area contributed by atoms with E-state index in [1.54, 1.807) is 18.5 Å². The second kappa shape index (κ2) is 8.77. The summed E-state index contributed by atoms with van der Waals surface area (Å²) >= 11 is 5.81. The van der Waals surface area contributed by atoms with E-state index in [0.717, 1.165) is 11.6 Å². The third-order valence-corrected chi connectivity index (χ3v) is 5.19. The predicted octanol–water partition coefficient (Wildman–Crippen LogP) is 5.14. The summed E-state index contributed by atoms with van der Waals surface area (Å²) in [4.78, 5) is 8.44. The molecule has 2 heterocycles. The van der Waals surface area contributed by atoms with Crippen molar-refractivity contribution in [1.82, 2.24) is 4.98 Å². The number of hydrogen-bond acceptors (Lipinski definition) is 4. The third kappa shape index (κ3) is 4.39. The Morgan fingerprint density at radius 3 is 2.68 bits per heavy atom. The van der Waals surface area contributed by atoms with Gasteiger partial charge in [0.2, 0.25) is 0 Å². The van der Waals surface area contributed by atoms with Gasteiger partial charge < -0.3 is 10.5 Å². The fourth-order valence-corrected chi connectivity index (χ4v) is 3.60. The Bertz CT molecular complexity index is 1200. The van der Waals surface area contributed by atoms with Crippen molar-refractivity contribution in [2.45, 2.75) is 19.4 Å². The number of aliphatic imine (C=N–C) groups is 1. The molecule has 1 aliphatic rings. The number of anilines is 1. The average Bonchev–Trinajstić information content (AvgIpc) is 3.21. The number of nitrogens with zero attached hydrogens (tertiary/aromatic N) is 3. The minimum Gasteiger partial charge on any atom is -0.411 e. The number of benzene rings is 2. The zero-order chi connectivity index (χ0) is 22.0. The molecule has 3 aromatic rings. The smallest absolute Gasteiger partial charge is 0.182 e. The van der Waals surface area contributed by atoms with Crippen molar-refractivity contribution in [1.29, 1.82) is 0 Å². The van der Waals surface area contributed by atoms with Gasteiger partial charge in [-0.15, -0.1) is 0 Å². The molecule has 0 unspecified atom stereocenters. The van der Waals surface area contributed by atoms with Crippen LogP contribution < -0.4 is 5.32 Å². The summed E-state index contributed by atoms with van der Waals surface area (Å²) in [6.45, 7) is 0.318. The molecule has 1 aromatic heterocycles. The molecule has 2 N–H and O–H groups in total. The van der Waals surface area contributed by atoms with Crippen molar-refractivity contribution in [3.8, 4) is 0 Å². The predicted molar refractivity (Wildman–Crippen MR) is 112 cm³/mol. The van der Waals surface area contributed by atoms with Crippen LogP contribution in [-0.2, 0) is 19.4 Å². The van der Waals surface area contributed by atoms with Crippen LogP contribution in [-0.4, -0.2) is 21.7 Å². The molecule has 31 heavy (non-hydrogen) atoms. The lowest BCUT2D eigenvalue weighted by Gasteiger charge is -2.11. The third-order valence-electron chi connectivity index (χ3n) is 4.90. The van der Waals surface area contributed by atoms with Crippen LogP contribution in [0.25, 0.3) is 0 Å². The maximum Gasteiger partial charge on any atom is 0.182 e. The first-order valence-electron chi connectivity index (χ1n) is 9.31. The lowest BCUT2D eigenvalue weighted by Crippen LogP contribution is -2.10. The van der Waals surface area contributed by atoms with Gasteiger partial charge in [-0.3, -0.25) is 9.98 Å². The van der Waals surface area contributed by atoms with Crippen molar-refractivity contribution in [2.75, 3.05) is 5.32 Å². The van der Waals surface area contributed by atoms with Crippen molar-refractivity contribution in [3.63, 3.8) is 0 Å². The molecule has 0 saturated carbocycles. The molecule has 2 aromatic carbocycles. The SMILES string of the molecule is O/N=C(\Cc1ccc(F)c(Cl)c1)c1cc(F)c(F)c2c1CC(=NCc1cccnc1)N2. The fraction of sp³-hybridized carbons (Fsp3) is 0.136. The zero-order valence-corrected chi connectivity index (χ0v) is 16.8. The summed E-state index contributed by atoms with van der Waals surface area (Å²) in [6.07, 6.45) is 3.55. The van der Waals surface area contributed by atoms with E-state index in [1.807, 2.05) is 6.07 Å². The Morgan fingerprint density at radius 1 is 1.13 bits per heavy atom. The number of fused-ring (bicyclic) bond motifs is 1. The van der Waals surface area contributed by atoms with Crippen LogP contribution in [0.1, 0.15) is 22.3 Å².